The number of nitrogens with one attached hydrogen (secondary N) is 2. The van der Waals surface area contributed by atoms with Crippen LogP contribution < -0.4 is 21.2 Å². The SMILES string of the molecule is Cc1nc(N[C@H](C)c2cccc(C(F)F)c2F)c2cn(N3CCNCC3)c(=O)cc2n1. The molecule has 31 heavy (non-hydrogen) atoms. The molecule has 1 saturated heterocycles. The molecule has 1 aliphatic heterocycles. The predicted octanol–water partition coefficient (Wildman–Crippen LogP) is 2.89. The Morgan fingerprint density at radius 3 is 2.58 bits per heavy atom. The third-order valence-corrected chi connectivity index (χ3v) is 5.34. The molecule has 2 N–H and O–H groups in total. The highest BCUT2D eigenvalue weighted by molar-refractivity contribution is 5.88. The number of hydrogen-bond acceptors (Lipinski definition) is 6. The number of halogens is 3. The van der Waals surface area contributed by atoms with Gasteiger partial charge in [0.1, 0.15) is 17.5 Å². The van der Waals surface area contributed by atoms with Crippen molar-refractivity contribution in [1.29, 1.82) is 0 Å². The van der Waals surface area contributed by atoms with Crippen LogP contribution in [0.2, 0.25) is 0 Å². The molecule has 1 atom stereocenters. The first-order valence-electron chi connectivity index (χ1n) is 10.0. The summed E-state index contributed by atoms with van der Waals surface area (Å²) in [5.74, 6) is -0.102. The van der Waals surface area contributed by atoms with Crippen LogP contribution in [-0.4, -0.2) is 40.8 Å². The number of aryl methyl sites for hydroxylation is 1. The number of fused-ring (bicyclic) bond motifs is 1. The first-order chi connectivity index (χ1) is 14.8. The second kappa shape index (κ2) is 8.54. The molecular weight excluding hydrogens is 409 g/mol. The molecule has 7 nitrogen and oxygen atoms in total. The first-order valence-corrected chi connectivity index (χ1v) is 10.0. The maximum atomic E-state index is 14.6. The van der Waals surface area contributed by atoms with E-state index in [1.54, 1.807) is 20.0 Å². The van der Waals surface area contributed by atoms with Crippen molar-refractivity contribution in [2.45, 2.75) is 26.3 Å². The lowest BCUT2D eigenvalue weighted by Gasteiger charge is -2.30. The first kappa shape index (κ1) is 21.1. The van der Waals surface area contributed by atoms with Gasteiger partial charge in [0.05, 0.1) is 22.5 Å². The molecule has 1 aromatic carbocycles. The maximum Gasteiger partial charge on any atom is 0.271 e. The lowest BCUT2D eigenvalue weighted by molar-refractivity contribution is 0.146. The second-order valence-corrected chi connectivity index (χ2v) is 7.50. The van der Waals surface area contributed by atoms with Gasteiger partial charge in [-0.15, -0.1) is 0 Å². The number of pyridine rings is 1. The Morgan fingerprint density at radius 2 is 1.87 bits per heavy atom. The third-order valence-electron chi connectivity index (χ3n) is 5.34. The van der Waals surface area contributed by atoms with E-state index in [2.05, 4.69) is 20.6 Å². The van der Waals surface area contributed by atoms with Crippen LogP contribution in [0.4, 0.5) is 19.0 Å². The lowest BCUT2D eigenvalue weighted by atomic mass is 10.0. The summed E-state index contributed by atoms with van der Waals surface area (Å²) in [6.07, 6.45) is -1.23. The number of benzene rings is 1. The summed E-state index contributed by atoms with van der Waals surface area (Å²) in [7, 11) is 0. The van der Waals surface area contributed by atoms with E-state index in [0.717, 1.165) is 19.2 Å². The number of nitrogens with zero attached hydrogens (tertiary/aromatic N) is 4. The van der Waals surface area contributed by atoms with Gasteiger partial charge in [-0.1, -0.05) is 18.2 Å². The topological polar surface area (TPSA) is 75.1 Å². The molecule has 4 rings (SSSR count). The van der Waals surface area contributed by atoms with Gasteiger partial charge in [-0.05, 0) is 13.8 Å². The van der Waals surface area contributed by atoms with Crippen LogP contribution in [0.25, 0.3) is 10.9 Å². The summed E-state index contributed by atoms with van der Waals surface area (Å²) < 4.78 is 42.3. The van der Waals surface area contributed by atoms with Crippen LogP contribution in [0.1, 0.15) is 36.3 Å². The van der Waals surface area contributed by atoms with Crippen LogP contribution in [0.5, 0.6) is 0 Å². The summed E-state index contributed by atoms with van der Waals surface area (Å²) in [5.41, 5.74) is -0.275. The average molecular weight is 432 g/mol. The number of piperazine rings is 1. The molecule has 3 aromatic rings. The minimum Gasteiger partial charge on any atom is -0.363 e. The Hall–Kier alpha value is -3.14. The molecule has 0 bridgehead atoms. The zero-order valence-electron chi connectivity index (χ0n) is 17.2. The van der Waals surface area contributed by atoms with Crippen molar-refractivity contribution >= 4 is 16.7 Å². The van der Waals surface area contributed by atoms with Crippen molar-refractivity contribution in [3.63, 3.8) is 0 Å². The Balaban J connectivity index is 1.75. The van der Waals surface area contributed by atoms with Crippen molar-refractivity contribution in [3.05, 3.63) is 63.6 Å². The molecule has 1 fully saturated rings. The van der Waals surface area contributed by atoms with Gasteiger partial charge in [0.25, 0.3) is 12.0 Å². The second-order valence-electron chi connectivity index (χ2n) is 7.50. The van der Waals surface area contributed by atoms with Gasteiger partial charge < -0.3 is 15.6 Å². The highest BCUT2D eigenvalue weighted by atomic mass is 19.3. The van der Waals surface area contributed by atoms with Crippen molar-refractivity contribution in [1.82, 2.24) is 20.0 Å². The van der Waals surface area contributed by atoms with E-state index < -0.39 is 23.8 Å². The molecule has 164 valence electrons. The van der Waals surface area contributed by atoms with E-state index in [9.17, 15) is 18.0 Å². The number of anilines is 1. The van der Waals surface area contributed by atoms with E-state index >= 15 is 0 Å². The minimum atomic E-state index is -2.90. The number of aromatic nitrogens is 3. The van der Waals surface area contributed by atoms with Gasteiger partial charge in [-0.2, -0.15) is 0 Å². The largest absolute Gasteiger partial charge is 0.363 e. The summed E-state index contributed by atoms with van der Waals surface area (Å²) in [6, 6.07) is 4.75. The molecule has 3 heterocycles. The highest BCUT2D eigenvalue weighted by Crippen LogP contribution is 2.30. The summed E-state index contributed by atoms with van der Waals surface area (Å²) in [4.78, 5) is 21.4. The molecule has 0 radical (unpaired) electrons. The molecule has 0 saturated carbocycles. The minimum absolute atomic E-state index is 0.109. The molecule has 0 amide bonds. The third kappa shape index (κ3) is 4.20. The number of rotatable bonds is 5. The summed E-state index contributed by atoms with van der Waals surface area (Å²) in [6.45, 7) is 6.22. The van der Waals surface area contributed by atoms with Gasteiger partial charge in [-0.25, -0.2) is 27.8 Å². The van der Waals surface area contributed by atoms with Crippen LogP contribution in [0, 0.1) is 12.7 Å². The van der Waals surface area contributed by atoms with Gasteiger partial charge in [0.15, 0.2) is 0 Å². The van der Waals surface area contributed by atoms with Crippen molar-refractivity contribution in [2.75, 3.05) is 36.5 Å². The van der Waals surface area contributed by atoms with E-state index in [1.165, 1.54) is 22.9 Å². The summed E-state index contributed by atoms with van der Waals surface area (Å²) >= 11 is 0. The molecule has 0 unspecified atom stereocenters. The van der Waals surface area contributed by atoms with E-state index in [0.29, 0.717) is 35.6 Å². The smallest absolute Gasteiger partial charge is 0.271 e. The summed E-state index contributed by atoms with van der Waals surface area (Å²) in [5, 5.41) is 8.87. The van der Waals surface area contributed by atoms with Crippen LogP contribution in [0.3, 0.4) is 0 Å². The van der Waals surface area contributed by atoms with Crippen LogP contribution >= 0.6 is 0 Å². The predicted molar refractivity (Wildman–Crippen MR) is 113 cm³/mol. The number of alkyl halides is 2. The Morgan fingerprint density at radius 1 is 1.16 bits per heavy atom. The molecule has 10 heteroatoms. The van der Waals surface area contributed by atoms with Crippen LogP contribution in [-0.2, 0) is 0 Å². The fourth-order valence-electron chi connectivity index (χ4n) is 3.76. The van der Waals surface area contributed by atoms with E-state index in [1.807, 2.05) is 5.01 Å². The molecule has 2 aromatic heterocycles. The molecular formula is C21H23F3N6O. The lowest BCUT2D eigenvalue weighted by Crippen LogP contribution is -2.52. The number of hydrogen-bond donors (Lipinski definition) is 2. The fraction of sp³-hybridized carbons (Fsp3) is 0.381. The van der Waals surface area contributed by atoms with Gasteiger partial charge in [0.2, 0.25) is 0 Å². The van der Waals surface area contributed by atoms with E-state index in [4.69, 9.17) is 0 Å². The van der Waals surface area contributed by atoms with Crippen LogP contribution in [0.15, 0.2) is 35.3 Å². The van der Waals surface area contributed by atoms with Crippen molar-refractivity contribution < 1.29 is 13.2 Å². The van der Waals surface area contributed by atoms with E-state index in [-0.39, 0.29) is 11.1 Å². The standard InChI is InChI=1S/C21H23F3N6O/c1-12(14-4-3-5-15(19(14)22)20(23)24)26-21-16-11-30(29-8-6-25-7-9-29)18(31)10-17(16)27-13(2)28-21/h3-5,10-12,20,25H,6-9H2,1-2H3,(H,26,27,28)/t12-/m1/s1. The monoisotopic (exact) mass is 432 g/mol. The van der Waals surface area contributed by atoms with Crippen molar-refractivity contribution in [3.8, 4) is 0 Å². The van der Waals surface area contributed by atoms with Gasteiger partial charge in [0, 0.05) is 44.0 Å². The Labute approximate surface area is 176 Å². The molecule has 0 aliphatic carbocycles. The maximum absolute atomic E-state index is 14.6. The van der Waals surface area contributed by atoms with Gasteiger partial charge >= 0.3 is 0 Å². The quantitative estimate of drug-likeness (QED) is 0.646. The zero-order chi connectivity index (χ0) is 22.1. The normalized spacial score (nSPS) is 15.5. The zero-order valence-corrected chi connectivity index (χ0v) is 17.2. The molecule has 1 aliphatic rings. The van der Waals surface area contributed by atoms with Crippen molar-refractivity contribution in [2.24, 2.45) is 0 Å². The molecule has 0 spiro atoms. The van der Waals surface area contributed by atoms with Gasteiger partial charge in [-0.3, -0.25) is 4.79 Å². The fourth-order valence-corrected chi connectivity index (χ4v) is 3.76. The Bertz CT molecular complexity index is 1160. The Kier molecular flexibility index (Phi) is 5.81. The highest BCUT2D eigenvalue weighted by Gasteiger charge is 2.21. The average Bonchev–Trinajstić information content (AvgIpc) is 2.73.